The van der Waals surface area contributed by atoms with Gasteiger partial charge in [0.2, 0.25) is 0 Å². The molecule has 3 rings (SSSR count). The van der Waals surface area contributed by atoms with E-state index in [2.05, 4.69) is 25.6 Å². The molecule has 0 fully saturated rings. The molecule has 1 heterocycles. The van der Waals surface area contributed by atoms with Crippen molar-refractivity contribution in [2.45, 2.75) is 6.92 Å². The van der Waals surface area contributed by atoms with Crippen LogP contribution in [-0.2, 0) is 0 Å². The lowest BCUT2D eigenvalue weighted by Crippen LogP contribution is -2.01. The minimum absolute atomic E-state index is 0.892. The first-order chi connectivity index (χ1) is 7.75. The summed E-state index contributed by atoms with van der Waals surface area (Å²) in [7, 11) is 0. The van der Waals surface area contributed by atoms with E-state index in [4.69, 9.17) is 4.74 Å². The molecule has 1 aliphatic heterocycles. The van der Waals surface area contributed by atoms with E-state index in [0.717, 1.165) is 28.2 Å². The Hall–Kier alpha value is -2.02. The molecule has 0 atom stereocenters. The van der Waals surface area contributed by atoms with Gasteiger partial charge in [0.1, 0.15) is 11.5 Å². The Kier molecular flexibility index (Phi) is 1.87. The first-order valence-corrected chi connectivity index (χ1v) is 5.33. The van der Waals surface area contributed by atoms with Gasteiger partial charge in [-0.25, -0.2) is 0 Å². The number of hydrogen-bond acceptors (Lipinski definition) is 1. The summed E-state index contributed by atoms with van der Waals surface area (Å²) in [5.74, 6) is 1.79. The fourth-order valence-electron chi connectivity index (χ4n) is 2.04. The Morgan fingerprint density at radius 3 is 2.56 bits per heavy atom. The maximum absolute atomic E-state index is 5.84. The van der Waals surface area contributed by atoms with Crippen LogP contribution in [0.1, 0.15) is 16.7 Å². The molecule has 0 amide bonds. The second kappa shape index (κ2) is 3.24. The van der Waals surface area contributed by atoms with Gasteiger partial charge in [-0.1, -0.05) is 36.4 Å². The summed E-state index contributed by atoms with van der Waals surface area (Å²) in [4.78, 5) is 0. The second-order valence-corrected chi connectivity index (χ2v) is 4.08. The molecule has 0 aromatic heterocycles. The molecular weight excluding hydrogens is 196 g/mol. The molecule has 2 aromatic rings. The summed E-state index contributed by atoms with van der Waals surface area (Å²) in [5.41, 5.74) is 4.45. The van der Waals surface area contributed by atoms with Gasteiger partial charge in [-0.3, -0.25) is 0 Å². The SMILES string of the molecule is C=C1c2ccccc2Oc2ccc(C)cc21. The van der Waals surface area contributed by atoms with E-state index in [1.54, 1.807) is 0 Å². The molecule has 1 heteroatoms. The number of rotatable bonds is 0. The molecule has 1 aliphatic rings. The maximum Gasteiger partial charge on any atom is 0.135 e. The van der Waals surface area contributed by atoms with Crippen molar-refractivity contribution in [3.8, 4) is 11.5 Å². The van der Waals surface area contributed by atoms with E-state index in [1.165, 1.54) is 5.56 Å². The van der Waals surface area contributed by atoms with Crippen LogP contribution in [0, 0.1) is 6.92 Å². The van der Waals surface area contributed by atoms with E-state index in [-0.39, 0.29) is 0 Å². The highest BCUT2D eigenvalue weighted by Gasteiger charge is 2.19. The van der Waals surface area contributed by atoms with Gasteiger partial charge in [0.15, 0.2) is 0 Å². The Bertz CT molecular complexity index is 582. The van der Waals surface area contributed by atoms with Gasteiger partial charge in [-0.2, -0.15) is 0 Å². The van der Waals surface area contributed by atoms with E-state index in [9.17, 15) is 0 Å². The Balaban J connectivity index is 2.23. The summed E-state index contributed by atoms with van der Waals surface area (Å²) in [6.45, 7) is 6.24. The van der Waals surface area contributed by atoms with Gasteiger partial charge in [0, 0.05) is 11.1 Å². The van der Waals surface area contributed by atoms with Gasteiger partial charge >= 0.3 is 0 Å². The van der Waals surface area contributed by atoms with Gasteiger partial charge in [0.05, 0.1) is 0 Å². The second-order valence-electron chi connectivity index (χ2n) is 4.08. The predicted molar refractivity (Wildman–Crippen MR) is 65.8 cm³/mol. The molecule has 0 radical (unpaired) electrons. The smallest absolute Gasteiger partial charge is 0.135 e. The average Bonchev–Trinajstić information content (AvgIpc) is 2.31. The van der Waals surface area contributed by atoms with E-state index >= 15 is 0 Å². The van der Waals surface area contributed by atoms with Crippen LogP contribution in [0.3, 0.4) is 0 Å². The zero-order valence-corrected chi connectivity index (χ0v) is 9.16. The van der Waals surface area contributed by atoms with Gasteiger partial charge in [-0.05, 0) is 30.7 Å². The first kappa shape index (κ1) is 9.22. The quantitative estimate of drug-likeness (QED) is 0.539. The van der Waals surface area contributed by atoms with Crippen LogP contribution < -0.4 is 4.74 Å². The highest BCUT2D eigenvalue weighted by Crippen LogP contribution is 2.42. The van der Waals surface area contributed by atoms with Crippen LogP contribution >= 0.6 is 0 Å². The van der Waals surface area contributed by atoms with E-state index in [0.29, 0.717) is 0 Å². The normalized spacial score (nSPS) is 12.7. The first-order valence-electron chi connectivity index (χ1n) is 5.33. The zero-order chi connectivity index (χ0) is 11.1. The Morgan fingerprint density at radius 1 is 0.938 bits per heavy atom. The van der Waals surface area contributed by atoms with Crippen molar-refractivity contribution in [3.05, 3.63) is 65.7 Å². The standard InChI is InChI=1S/C15H12O/c1-10-7-8-15-13(9-10)11(2)12-5-3-4-6-14(12)16-15/h3-9H,2H2,1H3. The molecule has 16 heavy (non-hydrogen) atoms. The molecule has 0 saturated carbocycles. The lowest BCUT2D eigenvalue weighted by Gasteiger charge is -2.22. The lowest BCUT2D eigenvalue weighted by atomic mass is 9.94. The monoisotopic (exact) mass is 208 g/mol. The van der Waals surface area contributed by atoms with Crippen LogP contribution in [0.15, 0.2) is 49.0 Å². The third-order valence-electron chi connectivity index (χ3n) is 2.89. The van der Waals surface area contributed by atoms with E-state index in [1.807, 2.05) is 30.3 Å². The summed E-state index contributed by atoms with van der Waals surface area (Å²) < 4.78 is 5.84. The van der Waals surface area contributed by atoms with Crippen LogP contribution in [0.25, 0.3) is 5.57 Å². The number of benzene rings is 2. The molecule has 0 N–H and O–H groups in total. The van der Waals surface area contributed by atoms with Crippen molar-refractivity contribution in [2.24, 2.45) is 0 Å². The van der Waals surface area contributed by atoms with Crippen LogP contribution in [0.5, 0.6) is 11.5 Å². The molecule has 1 nitrogen and oxygen atoms in total. The van der Waals surface area contributed by atoms with Crippen molar-refractivity contribution in [2.75, 3.05) is 0 Å². The fraction of sp³-hybridized carbons (Fsp3) is 0.0667. The Morgan fingerprint density at radius 2 is 1.69 bits per heavy atom. The fourth-order valence-corrected chi connectivity index (χ4v) is 2.04. The topological polar surface area (TPSA) is 9.23 Å². The highest BCUT2D eigenvalue weighted by molar-refractivity contribution is 5.86. The zero-order valence-electron chi connectivity index (χ0n) is 9.16. The maximum atomic E-state index is 5.84. The average molecular weight is 208 g/mol. The molecule has 0 aliphatic carbocycles. The van der Waals surface area contributed by atoms with Gasteiger partial charge in [0.25, 0.3) is 0 Å². The van der Waals surface area contributed by atoms with Crippen LogP contribution in [-0.4, -0.2) is 0 Å². The van der Waals surface area contributed by atoms with Gasteiger partial charge < -0.3 is 4.74 Å². The molecular formula is C15H12O. The third kappa shape index (κ3) is 1.25. The molecule has 0 saturated heterocycles. The number of hydrogen-bond donors (Lipinski definition) is 0. The molecule has 78 valence electrons. The number of aryl methyl sites for hydroxylation is 1. The highest BCUT2D eigenvalue weighted by atomic mass is 16.5. The van der Waals surface area contributed by atoms with E-state index < -0.39 is 0 Å². The predicted octanol–water partition coefficient (Wildman–Crippen LogP) is 4.16. The molecule has 0 unspecified atom stereocenters. The minimum atomic E-state index is 0.892. The van der Waals surface area contributed by atoms with Crippen LogP contribution in [0.4, 0.5) is 0 Å². The summed E-state index contributed by atoms with van der Waals surface area (Å²) in [6, 6.07) is 14.2. The molecule has 0 bridgehead atoms. The summed E-state index contributed by atoms with van der Waals surface area (Å²) in [6.07, 6.45) is 0. The number of para-hydroxylation sites is 1. The van der Waals surface area contributed by atoms with Gasteiger partial charge in [-0.15, -0.1) is 0 Å². The largest absolute Gasteiger partial charge is 0.456 e. The van der Waals surface area contributed by atoms with Crippen LogP contribution in [0.2, 0.25) is 0 Å². The summed E-state index contributed by atoms with van der Waals surface area (Å²) in [5, 5.41) is 0. The van der Waals surface area contributed by atoms with Crippen molar-refractivity contribution in [1.82, 2.24) is 0 Å². The Labute approximate surface area is 95.0 Å². The van der Waals surface area contributed by atoms with Crippen molar-refractivity contribution < 1.29 is 4.74 Å². The molecule has 2 aromatic carbocycles. The molecule has 0 spiro atoms. The lowest BCUT2D eigenvalue weighted by molar-refractivity contribution is 0.474. The number of fused-ring (bicyclic) bond motifs is 2. The minimum Gasteiger partial charge on any atom is -0.456 e. The van der Waals surface area contributed by atoms with Crippen molar-refractivity contribution in [1.29, 1.82) is 0 Å². The summed E-state index contributed by atoms with van der Waals surface area (Å²) >= 11 is 0. The number of ether oxygens (including phenoxy) is 1. The van der Waals surface area contributed by atoms with Crippen molar-refractivity contribution in [3.63, 3.8) is 0 Å². The third-order valence-corrected chi connectivity index (χ3v) is 2.89. The van der Waals surface area contributed by atoms with Crippen molar-refractivity contribution >= 4 is 5.57 Å².